The lowest BCUT2D eigenvalue weighted by Gasteiger charge is -2.25. The SMILES string of the molecule is Cc1cc(C[C@@H](CNC(=O)C2=C[C@]2(C)c2ccccc2)N(C)C)ccc1O. The molecule has 0 bridgehead atoms. The van der Waals surface area contributed by atoms with Gasteiger partial charge in [0.2, 0.25) is 5.91 Å². The molecule has 0 unspecified atom stereocenters. The highest BCUT2D eigenvalue weighted by atomic mass is 16.3. The van der Waals surface area contributed by atoms with Gasteiger partial charge in [-0.2, -0.15) is 0 Å². The predicted molar refractivity (Wildman–Crippen MR) is 109 cm³/mol. The van der Waals surface area contributed by atoms with Crippen molar-refractivity contribution in [1.29, 1.82) is 0 Å². The number of carbonyl (C=O) groups excluding carboxylic acids is 1. The number of phenols is 1. The number of nitrogens with zero attached hydrogens (tertiary/aromatic N) is 1. The number of likely N-dealkylation sites (N-methyl/N-ethyl adjacent to an activating group) is 1. The molecular weight excluding hydrogens is 336 g/mol. The standard InChI is InChI=1S/C23H28N2O2/c1-16-12-17(10-11-21(16)26)13-19(25(3)4)15-24-22(27)20-14-23(20,2)18-8-6-5-7-9-18/h5-12,14,19,26H,13,15H2,1-4H3,(H,24,27)/t19-,23+/m0/s1. The van der Waals surface area contributed by atoms with E-state index >= 15 is 0 Å². The van der Waals surface area contributed by atoms with E-state index in [2.05, 4.69) is 29.3 Å². The Morgan fingerprint density at radius 3 is 2.52 bits per heavy atom. The lowest BCUT2D eigenvalue weighted by atomic mass is 9.92. The molecule has 4 heteroatoms. The lowest BCUT2D eigenvalue weighted by Crippen LogP contribution is -2.42. The highest BCUT2D eigenvalue weighted by Crippen LogP contribution is 2.46. The second-order valence-corrected chi connectivity index (χ2v) is 7.78. The van der Waals surface area contributed by atoms with Crippen molar-refractivity contribution in [3.8, 4) is 5.75 Å². The van der Waals surface area contributed by atoms with Crippen LogP contribution in [0.15, 0.2) is 60.2 Å². The van der Waals surface area contributed by atoms with E-state index in [1.807, 2.05) is 57.4 Å². The minimum atomic E-state index is -0.243. The van der Waals surface area contributed by atoms with Gasteiger partial charge in [-0.05, 0) is 57.1 Å². The van der Waals surface area contributed by atoms with Crippen molar-refractivity contribution in [3.63, 3.8) is 0 Å². The predicted octanol–water partition coefficient (Wildman–Crippen LogP) is 3.19. The van der Waals surface area contributed by atoms with Crippen LogP contribution in [-0.4, -0.2) is 42.6 Å². The van der Waals surface area contributed by atoms with Crippen LogP contribution in [0.3, 0.4) is 0 Å². The van der Waals surface area contributed by atoms with E-state index in [9.17, 15) is 9.90 Å². The molecular formula is C23H28N2O2. The summed E-state index contributed by atoms with van der Waals surface area (Å²) in [6.07, 6.45) is 2.84. The van der Waals surface area contributed by atoms with Crippen LogP contribution in [0.4, 0.5) is 0 Å². The molecule has 4 nitrogen and oxygen atoms in total. The molecule has 1 aliphatic carbocycles. The molecule has 0 fully saturated rings. The number of rotatable bonds is 7. The van der Waals surface area contributed by atoms with Gasteiger partial charge in [-0.3, -0.25) is 4.79 Å². The molecule has 3 rings (SSSR count). The zero-order valence-electron chi connectivity index (χ0n) is 16.5. The number of benzene rings is 2. The summed E-state index contributed by atoms with van der Waals surface area (Å²) < 4.78 is 0. The summed E-state index contributed by atoms with van der Waals surface area (Å²) in [6, 6.07) is 16.0. The van der Waals surface area contributed by atoms with Gasteiger partial charge in [-0.25, -0.2) is 0 Å². The average molecular weight is 364 g/mol. The van der Waals surface area contributed by atoms with Crippen LogP contribution in [0.2, 0.25) is 0 Å². The van der Waals surface area contributed by atoms with Crippen molar-refractivity contribution >= 4 is 5.91 Å². The fourth-order valence-corrected chi connectivity index (χ4v) is 3.44. The number of phenolic OH excluding ortho intramolecular Hbond substituents is 1. The van der Waals surface area contributed by atoms with Crippen molar-refractivity contribution in [2.24, 2.45) is 0 Å². The topological polar surface area (TPSA) is 52.6 Å². The van der Waals surface area contributed by atoms with Crippen molar-refractivity contribution in [2.75, 3.05) is 20.6 Å². The van der Waals surface area contributed by atoms with Crippen LogP contribution in [0.1, 0.15) is 23.6 Å². The summed E-state index contributed by atoms with van der Waals surface area (Å²) in [5, 5.41) is 12.8. The molecule has 0 heterocycles. The summed E-state index contributed by atoms with van der Waals surface area (Å²) in [5.74, 6) is 0.324. The Balaban J connectivity index is 1.59. The minimum absolute atomic E-state index is 0.00934. The third-order valence-corrected chi connectivity index (χ3v) is 5.49. The van der Waals surface area contributed by atoms with Gasteiger partial charge in [0.25, 0.3) is 0 Å². The van der Waals surface area contributed by atoms with Gasteiger partial charge >= 0.3 is 0 Å². The molecule has 0 aliphatic heterocycles. The maximum absolute atomic E-state index is 12.6. The van der Waals surface area contributed by atoms with Crippen molar-refractivity contribution in [2.45, 2.75) is 31.7 Å². The number of nitrogens with one attached hydrogen (secondary N) is 1. The Bertz CT molecular complexity index is 858. The maximum Gasteiger partial charge on any atom is 0.248 e. The van der Waals surface area contributed by atoms with Gasteiger partial charge < -0.3 is 15.3 Å². The summed E-state index contributed by atoms with van der Waals surface area (Å²) >= 11 is 0. The largest absolute Gasteiger partial charge is 0.508 e. The second-order valence-electron chi connectivity index (χ2n) is 7.78. The zero-order valence-corrected chi connectivity index (χ0v) is 16.5. The van der Waals surface area contributed by atoms with E-state index in [4.69, 9.17) is 0 Å². The van der Waals surface area contributed by atoms with E-state index in [-0.39, 0.29) is 17.4 Å². The van der Waals surface area contributed by atoms with Gasteiger partial charge in [0.15, 0.2) is 0 Å². The van der Waals surface area contributed by atoms with Crippen LogP contribution < -0.4 is 5.32 Å². The van der Waals surface area contributed by atoms with Crippen LogP contribution in [-0.2, 0) is 16.6 Å². The molecule has 1 amide bonds. The molecule has 0 saturated carbocycles. The normalized spacial score (nSPS) is 19.5. The maximum atomic E-state index is 12.6. The molecule has 2 aromatic carbocycles. The van der Waals surface area contributed by atoms with Crippen molar-refractivity contribution < 1.29 is 9.90 Å². The number of hydrogen-bond acceptors (Lipinski definition) is 3. The molecule has 142 valence electrons. The van der Waals surface area contributed by atoms with E-state index in [0.717, 1.165) is 28.7 Å². The first-order valence-electron chi connectivity index (χ1n) is 9.33. The molecule has 0 aromatic heterocycles. The summed E-state index contributed by atoms with van der Waals surface area (Å²) in [4.78, 5) is 14.8. The highest BCUT2D eigenvalue weighted by Gasteiger charge is 2.44. The van der Waals surface area contributed by atoms with E-state index in [0.29, 0.717) is 12.3 Å². The molecule has 0 spiro atoms. The van der Waals surface area contributed by atoms with Gasteiger partial charge in [0.05, 0.1) is 0 Å². The molecule has 2 N–H and O–H groups in total. The molecule has 0 saturated heterocycles. The number of hydrogen-bond donors (Lipinski definition) is 2. The van der Waals surface area contributed by atoms with Gasteiger partial charge in [-0.15, -0.1) is 0 Å². The summed E-state index contributed by atoms with van der Waals surface area (Å²) in [6.45, 7) is 4.56. The monoisotopic (exact) mass is 364 g/mol. The van der Waals surface area contributed by atoms with Gasteiger partial charge in [0, 0.05) is 23.6 Å². The number of aromatic hydroxyl groups is 1. The fraction of sp³-hybridized carbons (Fsp3) is 0.348. The summed E-state index contributed by atoms with van der Waals surface area (Å²) in [5.41, 5.74) is 3.77. The second kappa shape index (κ2) is 7.57. The van der Waals surface area contributed by atoms with Crippen LogP contribution in [0.25, 0.3) is 0 Å². The summed E-state index contributed by atoms with van der Waals surface area (Å²) in [7, 11) is 4.04. The van der Waals surface area contributed by atoms with Gasteiger partial charge in [0.1, 0.15) is 5.75 Å². The Morgan fingerprint density at radius 1 is 1.19 bits per heavy atom. The Kier molecular flexibility index (Phi) is 5.38. The highest BCUT2D eigenvalue weighted by molar-refractivity contribution is 6.02. The fourth-order valence-electron chi connectivity index (χ4n) is 3.44. The van der Waals surface area contributed by atoms with E-state index in [1.54, 1.807) is 6.07 Å². The van der Waals surface area contributed by atoms with Crippen molar-refractivity contribution in [3.05, 3.63) is 76.9 Å². The average Bonchev–Trinajstić information content (AvgIpc) is 3.35. The van der Waals surface area contributed by atoms with Crippen molar-refractivity contribution in [1.82, 2.24) is 10.2 Å². The first-order chi connectivity index (χ1) is 12.8. The molecule has 2 atom stereocenters. The lowest BCUT2D eigenvalue weighted by molar-refractivity contribution is -0.117. The first kappa shape index (κ1) is 19.2. The molecule has 1 aliphatic rings. The Labute approximate surface area is 161 Å². The van der Waals surface area contributed by atoms with Crippen LogP contribution >= 0.6 is 0 Å². The minimum Gasteiger partial charge on any atom is -0.508 e. The van der Waals surface area contributed by atoms with E-state index < -0.39 is 0 Å². The van der Waals surface area contributed by atoms with Gasteiger partial charge in [-0.1, -0.05) is 48.5 Å². The third kappa shape index (κ3) is 4.22. The van der Waals surface area contributed by atoms with Crippen LogP contribution in [0, 0.1) is 6.92 Å². The Morgan fingerprint density at radius 2 is 1.89 bits per heavy atom. The first-order valence-corrected chi connectivity index (χ1v) is 9.33. The third-order valence-electron chi connectivity index (χ3n) is 5.49. The van der Waals surface area contributed by atoms with Crippen LogP contribution in [0.5, 0.6) is 5.75 Å². The number of allylic oxidation sites excluding steroid dienone is 1. The quantitative estimate of drug-likeness (QED) is 0.793. The molecule has 0 radical (unpaired) electrons. The number of aryl methyl sites for hydroxylation is 1. The number of amides is 1. The Hall–Kier alpha value is -2.59. The zero-order chi connectivity index (χ0) is 19.6. The number of carbonyl (C=O) groups is 1. The van der Waals surface area contributed by atoms with E-state index in [1.165, 1.54) is 0 Å². The molecule has 27 heavy (non-hydrogen) atoms. The smallest absolute Gasteiger partial charge is 0.248 e. The molecule has 2 aromatic rings.